The number of rotatable bonds is 3. The summed E-state index contributed by atoms with van der Waals surface area (Å²) in [5.41, 5.74) is 6.59. The summed E-state index contributed by atoms with van der Waals surface area (Å²) >= 11 is 6.20. The second kappa shape index (κ2) is 6.37. The molecule has 1 aliphatic rings. The van der Waals surface area contributed by atoms with Gasteiger partial charge in [0.15, 0.2) is 0 Å². The van der Waals surface area contributed by atoms with E-state index in [0.29, 0.717) is 0 Å². The van der Waals surface area contributed by atoms with Gasteiger partial charge >= 0.3 is 0 Å². The third-order valence-corrected chi connectivity index (χ3v) is 4.05. The van der Waals surface area contributed by atoms with Crippen LogP contribution in [0.3, 0.4) is 0 Å². The Kier molecular flexibility index (Phi) is 4.81. The van der Waals surface area contributed by atoms with Crippen LogP contribution in [0.15, 0.2) is 29.8 Å². The minimum absolute atomic E-state index is 0.0983. The summed E-state index contributed by atoms with van der Waals surface area (Å²) in [6.45, 7) is 2.02. The maximum absolute atomic E-state index is 6.20. The lowest BCUT2D eigenvalue weighted by Gasteiger charge is -2.20. The summed E-state index contributed by atoms with van der Waals surface area (Å²) in [7, 11) is 0. The van der Waals surface area contributed by atoms with Crippen molar-refractivity contribution in [2.75, 3.05) is 0 Å². The van der Waals surface area contributed by atoms with Gasteiger partial charge in [0.2, 0.25) is 0 Å². The predicted octanol–water partition coefficient (Wildman–Crippen LogP) is 4.04. The molecule has 1 atom stereocenters. The first-order valence-corrected chi connectivity index (χ1v) is 7.01. The van der Waals surface area contributed by atoms with Crippen molar-refractivity contribution >= 4 is 11.6 Å². The molecule has 1 aromatic rings. The molecule has 0 heterocycles. The molecule has 2 nitrogen and oxygen atoms in total. The maximum atomic E-state index is 6.20. The lowest BCUT2D eigenvalue weighted by molar-refractivity contribution is 0.593. The van der Waals surface area contributed by atoms with Crippen molar-refractivity contribution in [3.8, 4) is 0 Å². The molecule has 0 fully saturated rings. The molecule has 3 heteroatoms. The van der Waals surface area contributed by atoms with Gasteiger partial charge in [0.1, 0.15) is 0 Å². The van der Waals surface area contributed by atoms with E-state index in [9.17, 15) is 0 Å². The SMILES string of the molecule is Cc1ccc(C(NN)C2=CCCCCC2)cc1Cl. The summed E-state index contributed by atoms with van der Waals surface area (Å²) in [4.78, 5) is 0. The average Bonchev–Trinajstić information content (AvgIpc) is 2.64. The first-order chi connectivity index (χ1) is 8.72. The fourth-order valence-corrected chi connectivity index (χ4v) is 2.70. The number of benzene rings is 1. The maximum Gasteiger partial charge on any atom is 0.0670 e. The van der Waals surface area contributed by atoms with E-state index in [1.807, 2.05) is 13.0 Å². The normalized spacial score (nSPS) is 18.1. The van der Waals surface area contributed by atoms with Crippen molar-refractivity contribution < 1.29 is 0 Å². The fourth-order valence-electron chi connectivity index (χ4n) is 2.51. The molecule has 0 aliphatic heterocycles. The second-order valence-electron chi connectivity index (χ2n) is 4.99. The summed E-state index contributed by atoms with van der Waals surface area (Å²) in [5, 5.41) is 0.807. The zero-order valence-electron chi connectivity index (χ0n) is 10.9. The number of hydrazine groups is 1. The van der Waals surface area contributed by atoms with Crippen LogP contribution in [-0.2, 0) is 0 Å². The van der Waals surface area contributed by atoms with Crippen LogP contribution in [0.5, 0.6) is 0 Å². The number of allylic oxidation sites excluding steroid dienone is 1. The molecule has 2 rings (SSSR count). The molecule has 98 valence electrons. The van der Waals surface area contributed by atoms with Gasteiger partial charge in [-0.15, -0.1) is 0 Å². The van der Waals surface area contributed by atoms with Gasteiger partial charge in [-0.2, -0.15) is 0 Å². The largest absolute Gasteiger partial charge is 0.271 e. The Hall–Kier alpha value is -0.830. The first kappa shape index (κ1) is 13.6. The Balaban J connectivity index is 2.26. The van der Waals surface area contributed by atoms with Crippen LogP contribution in [0.4, 0.5) is 0 Å². The van der Waals surface area contributed by atoms with Crippen molar-refractivity contribution in [2.45, 2.75) is 45.1 Å². The molecular formula is C15H21ClN2. The molecule has 3 N–H and O–H groups in total. The van der Waals surface area contributed by atoms with Gasteiger partial charge in [-0.25, -0.2) is 5.43 Å². The van der Waals surface area contributed by atoms with Crippen molar-refractivity contribution in [3.05, 3.63) is 46.0 Å². The van der Waals surface area contributed by atoms with Gasteiger partial charge in [0, 0.05) is 5.02 Å². The Morgan fingerprint density at radius 3 is 2.83 bits per heavy atom. The Morgan fingerprint density at radius 2 is 2.11 bits per heavy atom. The third kappa shape index (κ3) is 3.14. The van der Waals surface area contributed by atoms with E-state index in [2.05, 4.69) is 23.6 Å². The van der Waals surface area contributed by atoms with Crippen molar-refractivity contribution in [1.29, 1.82) is 0 Å². The van der Waals surface area contributed by atoms with Gasteiger partial charge < -0.3 is 0 Å². The van der Waals surface area contributed by atoms with Crippen LogP contribution in [0.2, 0.25) is 5.02 Å². The van der Waals surface area contributed by atoms with Gasteiger partial charge in [0.05, 0.1) is 6.04 Å². The molecule has 1 aliphatic carbocycles. The van der Waals surface area contributed by atoms with E-state index in [4.69, 9.17) is 17.4 Å². The third-order valence-electron chi connectivity index (χ3n) is 3.64. The molecule has 18 heavy (non-hydrogen) atoms. The fraction of sp³-hybridized carbons (Fsp3) is 0.467. The molecule has 0 spiro atoms. The zero-order chi connectivity index (χ0) is 13.0. The second-order valence-corrected chi connectivity index (χ2v) is 5.39. The van der Waals surface area contributed by atoms with Gasteiger partial charge in [-0.1, -0.05) is 41.8 Å². The van der Waals surface area contributed by atoms with Crippen molar-refractivity contribution in [1.82, 2.24) is 5.43 Å². The molecule has 1 unspecified atom stereocenters. The molecule has 0 saturated heterocycles. The monoisotopic (exact) mass is 264 g/mol. The molecule has 1 aromatic carbocycles. The standard InChI is InChI=1S/C15H21ClN2/c1-11-8-9-13(10-14(11)16)15(18-17)12-6-4-2-3-5-7-12/h6,8-10,15,18H,2-5,7,17H2,1H3. The highest BCUT2D eigenvalue weighted by molar-refractivity contribution is 6.31. The number of aryl methyl sites for hydroxylation is 1. The summed E-state index contributed by atoms with van der Waals surface area (Å²) < 4.78 is 0. The lowest BCUT2D eigenvalue weighted by atomic mass is 9.95. The van der Waals surface area contributed by atoms with E-state index < -0.39 is 0 Å². The van der Waals surface area contributed by atoms with E-state index in [-0.39, 0.29) is 6.04 Å². The topological polar surface area (TPSA) is 38.0 Å². The zero-order valence-corrected chi connectivity index (χ0v) is 11.6. The molecule has 0 radical (unpaired) electrons. The Morgan fingerprint density at radius 1 is 1.28 bits per heavy atom. The number of nitrogens with two attached hydrogens (primary N) is 1. The van der Waals surface area contributed by atoms with Gasteiger partial charge in [0.25, 0.3) is 0 Å². The van der Waals surface area contributed by atoms with Gasteiger partial charge in [-0.05, 0) is 49.8 Å². The number of halogens is 1. The smallest absolute Gasteiger partial charge is 0.0670 e. The molecule has 0 bridgehead atoms. The van der Waals surface area contributed by atoms with Crippen LogP contribution >= 0.6 is 11.6 Å². The average molecular weight is 265 g/mol. The number of nitrogens with one attached hydrogen (secondary N) is 1. The van der Waals surface area contributed by atoms with E-state index in [0.717, 1.165) is 29.0 Å². The van der Waals surface area contributed by atoms with Crippen LogP contribution < -0.4 is 11.3 Å². The Labute approximate surface area is 114 Å². The minimum atomic E-state index is 0.0983. The minimum Gasteiger partial charge on any atom is -0.271 e. The van der Waals surface area contributed by atoms with E-state index >= 15 is 0 Å². The molecular weight excluding hydrogens is 244 g/mol. The van der Waals surface area contributed by atoms with Crippen LogP contribution in [-0.4, -0.2) is 0 Å². The predicted molar refractivity (Wildman–Crippen MR) is 77.4 cm³/mol. The Bertz CT molecular complexity index is 440. The van der Waals surface area contributed by atoms with Gasteiger partial charge in [-0.3, -0.25) is 5.84 Å². The molecule has 0 saturated carbocycles. The van der Waals surface area contributed by atoms with Crippen LogP contribution in [0, 0.1) is 6.92 Å². The van der Waals surface area contributed by atoms with Crippen molar-refractivity contribution in [2.24, 2.45) is 5.84 Å². The molecule has 0 aromatic heterocycles. The highest BCUT2D eigenvalue weighted by Gasteiger charge is 2.16. The summed E-state index contributed by atoms with van der Waals surface area (Å²) in [6, 6.07) is 6.28. The van der Waals surface area contributed by atoms with Crippen LogP contribution in [0.25, 0.3) is 0 Å². The van der Waals surface area contributed by atoms with Crippen LogP contribution in [0.1, 0.15) is 49.3 Å². The highest BCUT2D eigenvalue weighted by atomic mass is 35.5. The van der Waals surface area contributed by atoms with E-state index in [1.165, 1.54) is 24.8 Å². The lowest BCUT2D eigenvalue weighted by Crippen LogP contribution is -2.29. The number of hydrogen-bond acceptors (Lipinski definition) is 2. The first-order valence-electron chi connectivity index (χ1n) is 6.63. The summed E-state index contributed by atoms with van der Waals surface area (Å²) in [5.74, 6) is 5.74. The molecule has 0 amide bonds. The number of hydrogen-bond donors (Lipinski definition) is 2. The summed E-state index contributed by atoms with van der Waals surface area (Å²) in [6.07, 6.45) is 8.48. The quantitative estimate of drug-likeness (QED) is 0.491. The van der Waals surface area contributed by atoms with E-state index in [1.54, 1.807) is 0 Å². The van der Waals surface area contributed by atoms with Crippen molar-refractivity contribution in [3.63, 3.8) is 0 Å². The highest BCUT2D eigenvalue weighted by Crippen LogP contribution is 2.30.